The lowest BCUT2D eigenvalue weighted by molar-refractivity contribution is 0.754. The Labute approximate surface area is 314 Å². The standard InChI is InChI=1S/C51H35N3/c1-2-12-38-28-40(27-22-34(38)10-1)39-15-7-18-43(29-39)51-53-49(37-25-23-36(24-26-37)48-33-52-32-44-13-4-6-20-47(44)48)31-50(54-51)42-17-8-16-41(30-42)46-21-9-14-35-11-3-5-19-45(35)46/h1-30,32-33,49H,31H2/t49-/m1/s1. The minimum Gasteiger partial charge on any atom is -0.263 e. The highest BCUT2D eigenvalue weighted by atomic mass is 15.0. The van der Waals surface area contributed by atoms with Crippen LogP contribution in [0.5, 0.6) is 0 Å². The van der Waals surface area contributed by atoms with E-state index in [0.717, 1.165) is 50.3 Å². The van der Waals surface area contributed by atoms with Gasteiger partial charge in [-0.15, -0.1) is 0 Å². The average Bonchev–Trinajstić information content (AvgIpc) is 3.26. The molecule has 10 rings (SSSR count). The highest BCUT2D eigenvalue weighted by Gasteiger charge is 2.23. The minimum atomic E-state index is -0.0993. The summed E-state index contributed by atoms with van der Waals surface area (Å²) in [6.07, 6.45) is 4.59. The van der Waals surface area contributed by atoms with Crippen molar-refractivity contribution in [2.45, 2.75) is 12.5 Å². The van der Waals surface area contributed by atoms with E-state index in [-0.39, 0.29) is 6.04 Å². The summed E-state index contributed by atoms with van der Waals surface area (Å²) in [6.45, 7) is 0. The Morgan fingerprint density at radius 1 is 0.389 bits per heavy atom. The van der Waals surface area contributed by atoms with Gasteiger partial charge in [-0.3, -0.25) is 9.98 Å². The zero-order chi connectivity index (χ0) is 35.8. The third-order valence-electron chi connectivity index (χ3n) is 10.7. The summed E-state index contributed by atoms with van der Waals surface area (Å²) in [4.78, 5) is 15.3. The fraction of sp³-hybridized carbons (Fsp3) is 0.0392. The maximum Gasteiger partial charge on any atom is 0.155 e. The van der Waals surface area contributed by atoms with Crippen molar-refractivity contribution in [1.29, 1.82) is 0 Å². The van der Waals surface area contributed by atoms with Crippen LogP contribution >= 0.6 is 0 Å². The SMILES string of the molecule is c1cc(C2=N[C@@H](c3ccc(-c4cncc5ccccc45)cc3)CC(c3cccc(-c4cccc5ccccc45)c3)=N2)cc(-c2ccc3ccccc3c2)c1. The lowest BCUT2D eigenvalue weighted by atomic mass is 9.91. The molecule has 2 heterocycles. The quantitative estimate of drug-likeness (QED) is 0.171. The van der Waals surface area contributed by atoms with Gasteiger partial charge in [0.1, 0.15) is 0 Å². The summed E-state index contributed by atoms with van der Waals surface area (Å²) in [5.74, 6) is 0.752. The second-order valence-corrected chi connectivity index (χ2v) is 14.0. The molecular weight excluding hydrogens is 655 g/mol. The molecule has 0 radical (unpaired) electrons. The molecule has 1 aliphatic rings. The first-order chi connectivity index (χ1) is 26.7. The number of amidine groups is 1. The van der Waals surface area contributed by atoms with Crippen LogP contribution in [0.1, 0.15) is 29.2 Å². The zero-order valence-electron chi connectivity index (χ0n) is 29.6. The number of aliphatic imine (C=N–C) groups is 2. The Bertz CT molecular complexity index is 2910. The first-order valence-corrected chi connectivity index (χ1v) is 18.5. The van der Waals surface area contributed by atoms with Crippen molar-refractivity contribution in [2.24, 2.45) is 9.98 Å². The molecule has 0 spiro atoms. The number of nitrogens with zero attached hydrogens (tertiary/aromatic N) is 3. The molecule has 0 N–H and O–H groups in total. The molecule has 0 fully saturated rings. The molecule has 0 unspecified atom stereocenters. The molecule has 9 aromatic rings. The molecule has 0 aliphatic carbocycles. The van der Waals surface area contributed by atoms with Gasteiger partial charge >= 0.3 is 0 Å². The minimum absolute atomic E-state index is 0.0993. The Kier molecular flexibility index (Phi) is 7.96. The van der Waals surface area contributed by atoms with Gasteiger partial charge in [-0.2, -0.15) is 0 Å². The molecular formula is C51H35N3. The van der Waals surface area contributed by atoms with E-state index in [1.807, 2.05) is 12.4 Å². The van der Waals surface area contributed by atoms with Crippen molar-refractivity contribution in [3.63, 3.8) is 0 Å². The van der Waals surface area contributed by atoms with Gasteiger partial charge in [0.15, 0.2) is 5.84 Å². The number of fused-ring (bicyclic) bond motifs is 3. The third kappa shape index (κ3) is 5.96. The van der Waals surface area contributed by atoms with Crippen LogP contribution in [0.25, 0.3) is 65.7 Å². The van der Waals surface area contributed by atoms with Gasteiger partial charge in [-0.05, 0) is 84.1 Å². The maximum atomic E-state index is 5.37. The second kappa shape index (κ2) is 13.5. The van der Waals surface area contributed by atoms with Crippen LogP contribution in [0, 0.1) is 0 Å². The highest BCUT2D eigenvalue weighted by Crippen LogP contribution is 2.35. The van der Waals surface area contributed by atoms with Crippen molar-refractivity contribution in [3.05, 3.63) is 211 Å². The summed E-state index contributed by atoms with van der Waals surface area (Å²) < 4.78 is 0. The zero-order valence-corrected chi connectivity index (χ0v) is 29.6. The topological polar surface area (TPSA) is 37.6 Å². The number of hydrogen-bond acceptors (Lipinski definition) is 3. The van der Waals surface area contributed by atoms with Gasteiger partial charge in [0.25, 0.3) is 0 Å². The van der Waals surface area contributed by atoms with Crippen LogP contribution in [-0.4, -0.2) is 16.5 Å². The fourth-order valence-electron chi connectivity index (χ4n) is 7.87. The number of hydrogen-bond donors (Lipinski definition) is 0. The molecule has 3 heteroatoms. The monoisotopic (exact) mass is 689 g/mol. The molecule has 0 bridgehead atoms. The predicted molar refractivity (Wildman–Crippen MR) is 226 cm³/mol. The van der Waals surface area contributed by atoms with E-state index in [2.05, 4.69) is 187 Å². The highest BCUT2D eigenvalue weighted by molar-refractivity contribution is 6.15. The maximum absolute atomic E-state index is 5.37. The van der Waals surface area contributed by atoms with E-state index in [9.17, 15) is 0 Å². The van der Waals surface area contributed by atoms with Crippen molar-refractivity contribution >= 4 is 43.9 Å². The van der Waals surface area contributed by atoms with E-state index < -0.39 is 0 Å². The van der Waals surface area contributed by atoms with E-state index in [1.165, 1.54) is 43.6 Å². The van der Waals surface area contributed by atoms with Gasteiger partial charge in [-0.1, -0.05) is 164 Å². The molecule has 1 atom stereocenters. The van der Waals surface area contributed by atoms with E-state index in [0.29, 0.717) is 6.42 Å². The largest absolute Gasteiger partial charge is 0.263 e. The van der Waals surface area contributed by atoms with Crippen molar-refractivity contribution in [1.82, 2.24) is 4.98 Å². The molecule has 3 nitrogen and oxygen atoms in total. The van der Waals surface area contributed by atoms with Crippen molar-refractivity contribution < 1.29 is 0 Å². The third-order valence-corrected chi connectivity index (χ3v) is 10.7. The molecule has 1 aliphatic heterocycles. The molecule has 254 valence electrons. The van der Waals surface area contributed by atoms with Crippen molar-refractivity contribution in [3.8, 4) is 33.4 Å². The van der Waals surface area contributed by atoms with Crippen LogP contribution in [-0.2, 0) is 0 Å². The Hall–Kier alpha value is -6.97. The van der Waals surface area contributed by atoms with E-state index >= 15 is 0 Å². The van der Waals surface area contributed by atoms with Crippen LogP contribution in [0.3, 0.4) is 0 Å². The van der Waals surface area contributed by atoms with Gasteiger partial charge in [0.05, 0.1) is 11.8 Å². The van der Waals surface area contributed by atoms with Gasteiger partial charge in [-0.25, -0.2) is 4.99 Å². The lowest BCUT2D eigenvalue weighted by Crippen LogP contribution is -2.17. The summed E-state index contributed by atoms with van der Waals surface area (Å²) in [6, 6.07) is 65.0. The van der Waals surface area contributed by atoms with Crippen LogP contribution in [0.4, 0.5) is 0 Å². The molecule has 0 saturated carbocycles. The van der Waals surface area contributed by atoms with Gasteiger partial charge < -0.3 is 0 Å². The van der Waals surface area contributed by atoms with Crippen LogP contribution < -0.4 is 0 Å². The Balaban J connectivity index is 1.06. The lowest BCUT2D eigenvalue weighted by Gasteiger charge is -2.22. The molecule has 54 heavy (non-hydrogen) atoms. The number of pyridine rings is 1. The summed E-state index contributed by atoms with van der Waals surface area (Å²) >= 11 is 0. The Morgan fingerprint density at radius 2 is 1.00 bits per heavy atom. The van der Waals surface area contributed by atoms with Crippen LogP contribution in [0.2, 0.25) is 0 Å². The van der Waals surface area contributed by atoms with E-state index in [4.69, 9.17) is 9.98 Å². The summed E-state index contributed by atoms with van der Waals surface area (Å²) in [5.41, 5.74) is 11.3. The molecule has 1 aromatic heterocycles. The van der Waals surface area contributed by atoms with Gasteiger partial charge in [0.2, 0.25) is 0 Å². The average molecular weight is 690 g/mol. The first kappa shape index (κ1) is 31.7. The number of rotatable bonds is 6. The molecule has 0 saturated heterocycles. The smallest absolute Gasteiger partial charge is 0.155 e. The number of benzene rings is 8. The fourth-order valence-corrected chi connectivity index (χ4v) is 7.87. The van der Waals surface area contributed by atoms with Crippen molar-refractivity contribution in [2.75, 3.05) is 0 Å². The Morgan fingerprint density at radius 3 is 1.85 bits per heavy atom. The summed E-state index contributed by atoms with van der Waals surface area (Å²) in [7, 11) is 0. The van der Waals surface area contributed by atoms with E-state index in [1.54, 1.807) is 0 Å². The molecule has 0 amide bonds. The molecule has 8 aromatic carbocycles. The first-order valence-electron chi connectivity index (χ1n) is 18.5. The normalized spacial score (nSPS) is 14.3. The summed E-state index contributed by atoms with van der Waals surface area (Å²) in [5, 5.41) is 7.28. The van der Waals surface area contributed by atoms with Crippen LogP contribution in [0.15, 0.2) is 204 Å². The van der Waals surface area contributed by atoms with Gasteiger partial charge in [0, 0.05) is 35.3 Å². The second-order valence-electron chi connectivity index (χ2n) is 14.0. The predicted octanol–water partition coefficient (Wildman–Crippen LogP) is 12.9. The number of aromatic nitrogens is 1.